The Hall–Kier alpha value is -2.69. The number of carbonyl (C=O) groups is 1. The molecule has 1 aromatic carbocycles. The average molecular weight is 281 g/mol. The van der Waals surface area contributed by atoms with Crippen LogP contribution in [-0.2, 0) is 11.2 Å². The van der Waals surface area contributed by atoms with Crippen LogP contribution in [0.1, 0.15) is 11.4 Å². The van der Waals surface area contributed by atoms with Gasteiger partial charge in [0.2, 0.25) is 0 Å². The highest BCUT2D eigenvalue weighted by atomic mass is 16.5. The van der Waals surface area contributed by atoms with Crippen LogP contribution in [0.3, 0.4) is 0 Å². The number of nitrogens with zero attached hydrogens (tertiary/aromatic N) is 3. The van der Waals surface area contributed by atoms with E-state index >= 15 is 0 Å². The zero-order valence-corrected chi connectivity index (χ0v) is 11.9. The Morgan fingerprint density at radius 2 is 1.95 bits per heavy atom. The van der Waals surface area contributed by atoms with Gasteiger partial charge in [0.1, 0.15) is 12.0 Å². The summed E-state index contributed by atoms with van der Waals surface area (Å²) in [7, 11) is 1.63. The first-order valence-electron chi connectivity index (χ1n) is 6.66. The number of fused-ring (bicyclic) bond motifs is 1. The smallest absolute Gasteiger partial charge is 0.154 e. The minimum absolute atomic E-state index is 0.277. The van der Waals surface area contributed by atoms with Crippen LogP contribution >= 0.6 is 0 Å². The van der Waals surface area contributed by atoms with Crippen molar-refractivity contribution in [2.75, 3.05) is 7.11 Å². The molecule has 2 heterocycles. The number of imidazole rings is 1. The van der Waals surface area contributed by atoms with Gasteiger partial charge < -0.3 is 9.53 Å². The molecule has 106 valence electrons. The van der Waals surface area contributed by atoms with Crippen molar-refractivity contribution in [1.82, 2.24) is 14.6 Å². The summed E-state index contributed by atoms with van der Waals surface area (Å²) in [6, 6.07) is 11.4. The lowest BCUT2D eigenvalue weighted by Gasteiger charge is -2.03. The van der Waals surface area contributed by atoms with Gasteiger partial charge in [0, 0.05) is 12.0 Å². The minimum atomic E-state index is 0.277. The van der Waals surface area contributed by atoms with Crippen molar-refractivity contribution in [3.05, 3.63) is 47.8 Å². The Morgan fingerprint density at radius 1 is 1.19 bits per heavy atom. The van der Waals surface area contributed by atoms with E-state index in [1.807, 2.05) is 43.3 Å². The molecule has 0 spiro atoms. The number of benzene rings is 1. The van der Waals surface area contributed by atoms with Crippen molar-refractivity contribution in [1.29, 1.82) is 0 Å². The maximum atomic E-state index is 11.0. The highest BCUT2D eigenvalue weighted by Gasteiger charge is 2.14. The maximum absolute atomic E-state index is 11.0. The van der Waals surface area contributed by atoms with Gasteiger partial charge in [-0.1, -0.05) is 0 Å². The lowest BCUT2D eigenvalue weighted by molar-refractivity contribution is -0.107. The number of methoxy groups -OCH3 is 1. The molecule has 0 bridgehead atoms. The molecule has 0 saturated heterocycles. The van der Waals surface area contributed by atoms with E-state index < -0.39 is 0 Å². The number of aromatic nitrogens is 3. The normalized spacial score (nSPS) is 10.8. The monoisotopic (exact) mass is 281 g/mol. The predicted molar refractivity (Wildman–Crippen MR) is 79.5 cm³/mol. The number of hydrogen-bond acceptors (Lipinski definition) is 4. The predicted octanol–water partition coefficient (Wildman–Crippen LogP) is 2.45. The van der Waals surface area contributed by atoms with Gasteiger partial charge in [0.25, 0.3) is 0 Å². The molecule has 0 aliphatic carbocycles. The van der Waals surface area contributed by atoms with E-state index in [9.17, 15) is 4.79 Å². The van der Waals surface area contributed by atoms with Crippen LogP contribution in [0.2, 0.25) is 0 Å². The van der Waals surface area contributed by atoms with Crippen molar-refractivity contribution in [3.63, 3.8) is 0 Å². The number of aldehydes is 1. The molecule has 0 aliphatic rings. The fourth-order valence-corrected chi connectivity index (χ4v) is 2.31. The zero-order chi connectivity index (χ0) is 14.8. The summed E-state index contributed by atoms with van der Waals surface area (Å²) in [5, 5.41) is 4.44. The first kappa shape index (κ1) is 13.3. The van der Waals surface area contributed by atoms with E-state index in [2.05, 4.69) is 10.1 Å². The molecule has 0 unspecified atom stereocenters. The Labute approximate surface area is 122 Å². The number of carbonyl (C=O) groups excluding carboxylic acids is 1. The van der Waals surface area contributed by atoms with Crippen molar-refractivity contribution in [3.8, 4) is 17.0 Å². The molecule has 0 fully saturated rings. The summed E-state index contributed by atoms with van der Waals surface area (Å²) in [5.74, 6) is 0.786. The topological polar surface area (TPSA) is 56.5 Å². The summed E-state index contributed by atoms with van der Waals surface area (Å²) < 4.78 is 6.90. The van der Waals surface area contributed by atoms with E-state index in [1.165, 1.54) is 0 Å². The summed E-state index contributed by atoms with van der Waals surface area (Å²) in [6.07, 6.45) is 1.15. The number of hydrogen-bond donors (Lipinski definition) is 0. The van der Waals surface area contributed by atoms with E-state index in [0.29, 0.717) is 0 Å². The van der Waals surface area contributed by atoms with Gasteiger partial charge in [0.15, 0.2) is 5.65 Å². The van der Waals surface area contributed by atoms with Crippen LogP contribution in [0.25, 0.3) is 16.9 Å². The third-order valence-electron chi connectivity index (χ3n) is 3.34. The average Bonchev–Trinajstić information content (AvgIpc) is 2.86. The number of aryl methyl sites for hydroxylation is 1. The van der Waals surface area contributed by atoms with E-state index in [1.54, 1.807) is 11.6 Å². The van der Waals surface area contributed by atoms with Crippen molar-refractivity contribution >= 4 is 11.9 Å². The lowest BCUT2D eigenvalue weighted by atomic mass is 10.1. The van der Waals surface area contributed by atoms with Crippen molar-refractivity contribution in [2.45, 2.75) is 13.3 Å². The molecule has 0 N–H and O–H groups in total. The number of rotatable bonds is 4. The molecule has 0 radical (unpaired) electrons. The van der Waals surface area contributed by atoms with Gasteiger partial charge in [0.05, 0.1) is 24.2 Å². The Bertz CT molecular complexity index is 791. The molecule has 2 aromatic heterocycles. The fourth-order valence-electron chi connectivity index (χ4n) is 2.31. The van der Waals surface area contributed by atoms with Crippen LogP contribution in [0.5, 0.6) is 5.75 Å². The van der Waals surface area contributed by atoms with Crippen molar-refractivity contribution < 1.29 is 9.53 Å². The third kappa shape index (κ3) is 2.38. The minimum Gasteiger partial charge on any atom is -0.497 e. The second-order valence-electron chi connectivity index (χ2n) is 4.75. The second kappa shape index (κ2) is 5.36. The third-order valence-corrected chi connectivity index (χ3v) is 3.34. The van der Waals surface area contributed by atoms with Gasteiger partial charge in [-0.15, -0.1) is 0 Å². The SMILES string of the molecule is COc1ccc(-c2nc3ccc(C)nn3c2CC=O)cc1. The molecule has 5 nitrogen and oxygen atoms in total. The largest absolute Gasteiger partial charge is 0.497 e. The molecule has 3 aromatic rings. The second-order valence-corrected chi connectivity index (χ2v) is 4.75. The molecule has 0 aliphatic heterocycles. The fraction of sp³-hybridized carbons (Fsp3) is 0.188. The summed E-state index contributed by atoms with van der Waals surface area (Å²) in [4.78, 5) is 15.6. The first-order valence-corrected chi connectivity index (χ1v) is 6.66. The molecule has 0 atom stereocenters. The van der Waals surface area contributed by atoms with Crippen LogP contribution in [-0.4, -0.2) is 28.0 Å². The van der Waals surface area contributed by atoms with Gasteiger partial charge in [-0.25, -0.2) is 9.50 Å². The number of ether oxygens (including phenoxy) is 1. The lowest BCUT2D eigenvalue weighted by Crippen LogP contribution is -2.00. The van der Waals surface area contributed by atoms with Gasteiger partial charge in [-0.2, -0.15) is 5.10 Å². The van der Waals surface area contributed by atoms with Crippen molar-refractivity contribution in [2.24, 2.45) is 0 Å². The van der Waals surface area contributed by atoms with Crippen LogP contribution < -0.4 is 4.74 Å². The maximum Gasteiger partial charge on any atom is 0.154 e. The Morgan fingerprint density at radius 3 is 2.62 bits per heavy atom. The van der Waals surface area contributed by atoms with E-state index in [4.69, 9.17) is 4.74 Å². The van der Waals surface area contributed by atoms with E-state index in [0.717, 1.165) is 40.3 Å². The van der Waals surface area contributed by atoms with Gasteiger partial charge in [-0.3, -0.25) is 0 Å². The summed E-state index contributed by atoms with van der Waals surface area (Å²) in [5.41, 5.74) is 4.14. The zero-order valence-electron chi connectivity index (χ0n) is 11.9. The van der Waals surface area contributed by atoms with Crippen LogP contribution in [0.4, 0.5) is 0 Å². The Balaban J connectivity index is 2.19. The van der Waals surface area contributed by atoms with Crippen LogP contribution in [0.15, 0.2) is 36.4 Å². The first-order chi connectivity index (χ1) is 10.2. The van der Waals surface area contributed by atoms with Gasteiger partial charge >= 0.3 is 0 Å². The quantitative estimate of drug-likeness (QED) is 0.689. The molecule has 0 amide bonds. The molecule has 3 rings (SSSR count). The Kier molecular flexibility index (Phi) is 3.39. The molecule has 21 heavy (non-hydrogen) atoms. The van der Waals surface area contributed by atoms with E-state index in [-0.39, 0.29) is 6.42 Å². The molecule has 5 heteroatoms. The molecular formula is C16H15N3O2. The highest BCUT2D eigenvalue weighted by Crippen LogP contribution is 2.26. The molecular weight excluding hydrogens is 266 g/mol. The highest BCUT2D eigenvalue weighted by molar-refractivity contribution is 5.70. The standard InChI is InChI=1S/C16H15N3O2/c1-11-3-8-15-17-16(14(9-10-20)19(15)18-11)12-4-6-13(21-2)7-5-12/h3-8,10H,9H2,1-2H3. The van der Waals surface area contributed by atoms with Crippen LogP contribution in [0, 0.1) is 6.92 Å². The molecule has 0 saturated carbocycles. The van der Waals surface area contributed by atoms with Gasteiger partial charge in [-0.05, 0) is 43.3 Å². The summed E-state index contributed by atoms with van der Waals surface area (Å²) in [6.45, 7) is 1.91. The summed E-state index contributed by atoms with van der Waals surface area (Å²) >= 11 is 0.